The largest absolute Gasteiger partial charge is 0.396 e. The molecular formula is C20H32N2O2. The molecule has 0 saturated carbocycles. The van der Waals surface area contributed by atoms with Crippen LogP contribution in [0.25, 0.3) is 0 Å². The second-order valence-electron chi connectivity index (χ2n) is 7.78. The number of nitrogens with zero attached hydrogens (tertiary/aromatic N) is 1. The fourth-order valence-corrected chi connectivity index (χ4v) is 3.25. The molecule has 4 heteroatoms. The monoisotopic (exact) mass is 332 g/mol. The third-order valence-electron chi connectivity index (χ3n) is 5.04. The SMILES string of the molecule is CC(C)(CCCc1ccccc1)CNC(=O)N1CCC(CO)CC1. The molecule has 4 nitrogen and oxygen atoms in total. The minimum Gasteiger partial charge on any atom is -0.396 e. The number of piperidine rings is 1. The molecule has 1 aromatic carbocycles. The van der Waals surface area contributed by atoms with E-state index in [9.17, 15) is 9.90 Å². The Kier molecular flexibility index (Phi) is 7.10. The zero-order valence-electron chi connectivity index (χ0n) is 15.1. The smallest absolute Gasteiger partial charge is 0.317 e. The van der Waals surface area contributed by atoms with Crippen LogP contribution in [-0.4, -0.2) is 42.3 Å². The molecule has 1 aromatic rings. The number of carbonyl (C=O) groups excluding carboxylic acids is 1. The van der Waals surface area contributed by atoms with Crippen LogP contribution in [0.3, 0.4) is 0 Å². The van der Waals surface area contributed by atoms with E-state index >= 15 is 0 Å². The Bertz CT molecular complexity index is 494. The van der Waals surface area contributed by atoms with Crippen LogP contribution < -0.4 is 5.32 Å². The van der Waals surface area contributed by atoms with Crippen LogP contribution in [-0.2, 0) is 6.42 Å². The van der Waals surface area contributed by atoms with Gasteiger partial charge in [0.15, 0.2) is 0 Å². The molecule has 0 atom stereocenters. The Morgan fingerprint density at radius 2 is 1.92 bits per heavy atom. The Balaban J connectivity index is 1.67. The highest BCUT2D eigenvalue weighted by atomic mass is 16.3. The highest BCUT2D eigenvalue weighted by Crippen LogP contribution is 2.23. The Labute approximate surface area is 146 Å². The van der Waals surface area contributed by atoms with Crippen LogP contribution in [0.1, 0.15) is 45.1 Å². The summed E-state index contributed by atoms with van der Waals surface area (Å²) in [6.07, 6.45) is 5.13. The van der Waals surface area contributed by atoms with Crippen LogP contribution in [0.2, 0.25) is 0 Å². The van der Waals surface area contributed by atoms with Gasteiger partial charge in [-0.3, -0.25) is 0 Å². The molecule has 0 aliphatic carbocycles. The number of rotatable bonds is 7. The second kappa shape index (κ2) is 9.07. The Hall–Kier alpha value is -1.55. The average molecular weight is 332 g/mol. The first-order valence-electron chi connectivity index (χ1n) is 9.18. The molecule has 0 bridgehead atoms. The lowest BCUT2D eigenvalue weighted by Crippen LogP contribution is -2.47. The van der Waals surface area contributed by atoms with Gasteiger partial charge in [-0.05, 0) is 49.0 Å². The van der Waals surface area contributed by atoms with Crippen molar-refractivity contribution < 1.29 is 9.90 Å². The van der Waals surface area contributed by atoms with E-state index in [0.717, 1.165) is 45.2 Å². The van der Waals surface area contributed by atoms with Crippen molar-refractivity contribution in [1.82, 2.24) is 10.2 Å². The molecule has 0 aromatic heterocycles. The first-order chi connectivity index (χ1) is 11.5. The van der Waals surface area contributed by atoms with Crippen molar-refractivity contribution in [2.75, 3.05) is 26.2 Å². The average Bonchev–Trinajstić information content (AvgIpc) is 2.60. The first kappa shape index (κ1) is 18.8. The summed E-state index contributed by atoms with van der Waals surface area (Å²) >= 11 is 0. The molecule has 2 rings (SSSR count). The maximum Gasteiger partial charge on any atom is 0.317 e. The molecule has 0 spiro atoms. The number of hydrogen-bond acceptors (Lipinski definition) is 2. The third kappa shape index (κ3) is 6.16. The number of hydrogen-bond donors (Lipinski definition) is 2. The second-order valence-corrected chi connectivity index (χ2v) is 7.78. The normalized spacial score (nSPS) is 16.2. The van der Waals surface area contributed by atoms with Gasteiger partial charge in [-0.2, -0.15) is 0 Å². The first-order valence-corrected chi connectivity index (χ1v) is 9.18. The van der Waals surface area contributed by atoms with Crippen molar-refractivity contribution in [3.8, 4) is 0 Å². The molecule has 1 heterocycles. The highest BCUT2D eigenvalue weighted by Gasteiger charge is 2.24. The van der Waals surface area contributed by atoms with Gasteiger partial charge >= 0.3 is 6.03 Å². The quantitative estimate of drug-likeness (QED) is 0.803. The third-order valence-corrected chi connectivity index (χ3v) is 5.04. The number of aliphatic hydroxyl groups is 1. The van der Waals surface area contributed by atoms with Gasteiger partial charge < -0.3 is 15.3 Å². The molecule has 24 heavy (non-hydrogen) atoms. The van der Waals surface area contributed by atoms with Crippen molar-refractivity contribution in [3.05, 3.63) is 35.9 Å². The number of urea groups is 1. The molecule has 1 fully saturated rings. The summed E-state index contributed by atoms with van der Waals surface area (Å²) in [7, 11) is 0. The van der Waals surface area contributed by atoms with Crippen LogP contribution in [0.4, 0.5) is 4.79 Å². The van der Waals surface area contributed by atoms with Crippen molar-refractivity contribution in [3.63, 3.8) is 0 Å². The summed E-state index contributed by atoms with van der Waals surface area (Å²) in [4.78, 5) is 14.2. The molecule has 0 radical (unpaired) electrons. The molecule has 2 amide bonds. The number of aliphatic hydroxyl groups excluding tert-OH is 1. The van der Waals surface area contributed by atoms with Crippen LogP contribution in [0.15, 0.2) is 30.3 Å². The zero-order chi connectivity index (χ0) is 17.4. The Morgan fingerprint density at radius 1 is 1.25 bits per heavy atom. The summed E-state index contributed by atoms with van der Waals surface area (Å²) in [5.41, 5.74) is 1.48. The van der Waals surface area contributed by atoms with Gasteiger partial charge in [0.05, 0.1) is 0 Å². The number of benzene rings is 1. The van der Waals surface area contributed by atoms with E-state index < -0.39 is 0 Å². The fourth-order valence-electron chi connectivity index (χ4n) is 3.25. The summed E-state index contributed by atoms with van der Waals surface area (Å²) in [5.74, 6) is 0.364. The van der Waals surface area contributed by atoms with Crippen LogP contribution in [0, 0.1) is 11.3 Å². The van der Waals surface area contributed by atoms with Gasteiger partial charge in [0.1, 0.15) is 0 Å². The molecular weight excluding hydrogens is 300 g/mol. The number of carbonyl (C=O) groups is 1. The molecule has 134 valence electrons. The predicted octanol–water partition coefficient (Wildman–Crippen LogP) is 3.45. The summed E-state index contributed by atoms with van der Waals surface area (Å²) in [6.45, 7) is 6.90. The standard InChI is InChI=1S/C20H32N2O2/c1-20(2,12-6-9-17-7-4-3-5-8-17)16-21-19(24)22-13-10-18(15-23)11-14-22/h3-5,7-8,18,23H,6,9-16H2,1-2H3,(H,21,24). The number of aryl methyl sites for hydroxylation is 1. The van der Waals surface area contributed by atoms with Crippen molar-refractivity contribution in [2.45, 2.75) is 46.0 Å². The lowest BCUT2D eigenvalue weighted by atomic mass is 9.86. The van der Waals surface area contributed by atoms with Crippen molar-refractivity contribution >= 4 is 6.03 Å². The minimum atomic E-state index is 0.0440. The number of nitrogens with one attached hydrogen (secondary N) is 1. The number of likely N-dealkylation sites (tertiary alicyclic amines) is 1. The lowest BCUT2D eigenvalue weighted by Gasteiger charge is -2.33. The molecule has 2 N–H and O–H groups in total. The van der Waals surface area contributed by atoms with Crippen molar-refractivity contribution in [2.24, 2.45) is 11.3 Å². The molecule has 0 unspecified atom stereocenters. The molecule has 1 aliphatic heterocycles. The summed E-state index contributed by atoms with van der Waals surface area (Å²) in [5, 5.41) is 12.3. The van der Waals surface area contributed by atoms with Gasteiger partial charge in [-0.25, -0.2) is 4.79 Å². The predicted molar refractivity (Wildman–Crippen MR) is 97.9 cm³/mol. The van der Waals surface area contributed by atoms with Gasteiger partial charge in [0.2, 0.25) is 0 Å². The maximum absolute atomic E-state index is 12.3. The van der Waals surface area contributed by atoms with Gasteiger partial charge in [0, 0.05) is 26.2 Å². The van der Waals surface area contributed by atoms with E-state index in [1.165, 1.54) is 5.56 Å². The van der Waals surface area contributed by atoms with E-state index in [4.69, 9.17) is 0 Å². The summed E-state index contributed by atoms with van der Waals surface area (Å²) < 4.78 is 0. The van der Waals surface area contributed by atoms with Gasteiger partial charge in [-0.1, -0.05) is 44.2 Å². The highest BCUT2D eigenvalue weighted by molar-refractivity contribution is 5.74. The van der Waals surface area contributed by atoms with E-state index in [1.54, 1.807) is 0 Å². The van der Waals surface area contributed by atoms with Crippen LogP contribution in [0.5, 0.6) is 0 Å². The molecule has 1 aliphatic rings. The van der Waals surface area contributed by atoms with E-state index in [1.807, 2.05) is 11.0 Å². The van der Waals surface area contributed by atoms with Crippen molar-refractivity contribution in [1.29, 1.82) is 0 Å². The minimum absolute atomic E-state index is 0.0440. The molecule has 1 saturated heterocycles. The zero-order valence-corrected chi connectivity index (χ0v) is 15.1. The Morgan fingerprint density at radius 3 is 2.54 bits per heavy atom. The van der Waals surface area contributed by atoms with Gasteiger partial charge in [0.25, 0.3) is 0 Å². The van der Waals surface area contributed by atoms with E-state index in [-0.39, 0.29) is 18.1 Å². The topological polar surface area (TPSA) is 52.6 Å². The lowest BCUT2D eigenvalue weighted by molar-refractivity contribution is 0.135. The maximum atomic E-state index is 12.3. The van der Waals surface area contributed by atoms with E-state index in [0.29, 0.717) is 12.5 Å². The number of amides is 2. The fraction of sp³-hybridized carbons (Fsp3) is 0.650. The van der Waals surface area contributed by atoms with Gasteiger partial charge in [-0.15, -0.1) is 0 Å². The van der Waals surface area contributed by atoms with Crippen LogP contribution >= 0.6 is 0 Å². The van der Waals surface area contributed by atoms with E-state index in [2.05, 4.69) is 43.4 Å². The summed E-state index contributed by atoms with van der Waals surface area (Å²) in [6, 6.07) is 10.6.